The summed E-state index contributed by atoms with van der Waals surface area (Å²) in [4.78, 5) is 13.6. The van der Waals surface area contributed by atoms with E-state index in [1.807, 2.05) is 7.05 Å². The first-order chi connectivity index (χ1) is 7.62. The topological polar surface area (TPSA) is 58.4 Å². The molecule has 0 saturated carbocycles. The van der Waals surface area contributed by atoms with E-state index in [4.69, 9.17) is 5.73 Å². The van der Waals surface area contributed by atoms with E-state index in [2.05, 4.69) is 17.1 Å². The van der Waals surface area contributed by atoms with E-state index in [0.29, 0.717) is 6.42 Å². The van der Waals surface area contributed by atoms with Crippen molar-refractivity contribution in [3.8, 4) is 0 Å². The Morgan fingerprint density at radius 2 is 2.19 bits per heavy atom. The largest absolute Gasteiger partial charge is 0.370 e. The number of likely N-dealkylation sites (tertiary alicyclic amines) is 1. The normalized spacial score (nSPS) is 27.6. The molecule has 16 heavy (non-hydrogen) atoms. The maximum absolute atomic E-state index is 11.1. The minimum absolute atomic E-state index is 0.0612. The third kappa shape index (κ3) is 3.76. The molecule has 0 radical (unpaired) electrons. The molecule has 0 bridgehead atoms. The molecule has 1 aliphatic heterocycles. The molecule has 4 heteroatoms. The molecule has 1 saturated heterocycles. The van der Waals surface area contributed by atoms with E-state index in [1.165, 1.54) is 6.42 Å². The number of nitrogens with one attached hydrogen (secondary N) is 1. The molecule has 0 aromatic heterocycles. The van der Waals surface area contributed by atoms with Gasteiger partial charge in [0.25, 0.3) is 0 Å². The first-order valence-corrected chi connectivity index (χ1v) is 6.31. The molecule has 94 valence electrons. The summed E-state index contributed by atoms with van der Waals surface area (Å²) in [5.74, 6) is -0.196. The van der Waals surface area contributed by atoms with Crippen molar-refractivity contribution < 1.29 is 4.79 Å². The van der Waals surface area contributed by atoms with E-state index < -0.39 is 0 Å². The molecular formula is C12H25N3O. The minimum atomic E-state index is -0.196. The number of hydrogen-bond acceptors (Lipinski definition) is 3. The van der Waals surface area contributed by atoms with E-state index >= 15 is 0 Å². The molecule has 0 spiro atoms. The van der Waals surface area contributed by atoms with Crippen LogP contribution in [-0.2, 0) is 4.79 Å². The fraction of sp³-hybridized carbons (Fsp3) is 0.917. The second-order valence-corrected chi connectivity index (χ2v) is 4.87. The summed E-state index contributed by atoms with van der Waals surface area (Å²) in [6, 6.07) is 0. The number of rotatable bonds is 5. The van der Waals surface area contributed by atoms with Gasteiger partial charge in [0, 0.05) is 12.0 Å². The molecule has 1 fully saturated rings. The lowest BCUT2D eigenvalue weighted by molar-refractivity contribution is -0.119. The van der Waals surface area contributed by atoms with Gasteiger partial charge in [0.05, 0.1) is 0 Å². The number of nitrogens with two attached hydrogens (primary N) is 1. The molecule has 4 nitrogen and oxygen atoms in total. The van der Waals surface area contributed by atoms with Crippen LogP contribution in [0.4, 0.5) is 0 Å². The lowest BCUT2D eigenvalue weighted by Gasteiger charge is -2.31. The van der Waals surface area contributed by atoms with Crippen molar-refractivity contribution in [2.45, 2.75) is 44.6 Å². The Morgan fingerprint density at radius 1 is 1.44 bits per heavy atom. The van der Waals surface area contributed by atoms with Crippen LogP contribution in [-0.4, -0.2) is 43.0 Å². The van der Waals surface area contributed by atoms with Crippen LogP contribution in [0.25, 0.3) is 0 Å². The Balaban J connectivity index is 2.57. The van der Waals surface area contributed by atoms with Gasteiger partial charge >= 0.3 is 0 Å². The summed E-state index contributed by atoms with van der Waals surface area (Å²) >= 11 is 0. The fourth-order valence-corrected chi connectivity index (χ4v) is 2.64. The van der Waals surface area contributed by atoms with Gasteiger partial charge in [-0.05, 0) is 52.4 Å². The van der Waals surface area contributed by atoms with Gasteiger partial charge < -0.3 is 16.0 Å². The first-order valence-electron chi connectivity index (χ1n) is 6.31. The van der Waals surface area contributed by atoms with Crippen LogP contribution in [0.1, 0.15) is 39.0 Å². The van der Waals surface area contributed by atoms with Crippen LogP contribution in [0.5, 0.6) is 0 Å². The maximum atomic E-state index is 11.1. The Kier molecular flexibility index (Phi) is 5.22. The van der Waals surface area contributed by atoms with Crippen LogP contribution in [0.15, 0.2) is 0 Å². The van der Waals surface area contributed by atoms with Crippen molar-refractivity contribution >= 4 is 5.91 Å². The van der Waals surface area contributed by atoms with Gasteiger partial charge in [0.2, 0.25) is 5.91 Å². The molecular weight excluding hydrogens is 202 g/mol. The number of amides is 1. The van der Waals surface area contributed by atoms with E-state index in [0.717, 1.165) is 38.9 Å². The highest BCUT2D eigenvalue weighted by Gasteiger charge is 2.32. The van der Waals surface area contributed by atoms with Crippen molar-refractivity contribution in [1.82, 2.24) is 10.2 Å². The second kappa shape index (κ2) is 6.21. The zero-order valence-electron chi connectivity index (χ0n) is 10.6. The number of hydrogen-bond donors (Lipinski definition) is 2. The van der Waals surface area contributed by atoms with Gasteiger partial charge in [-0.3, -0.25) is 4.79 Å². The highest BCUT2D eigenvalue weighted by Crippen LogP contribution is 2.25. The summed E-state index contributed by atoms with van der Waals surface area (Å²) in [7, 11) is 1.94. The Hall–Kier alpha value is -0.610. The van der Waals surface area contributed by atoms with Gasteiger partial charge in [-0.25, -0.2) is 0 Å². The molecule has 1 atom stereocenters. The van der Waals surface area contributed by atoms with Crippen LogP contribution < -0.4 is 11.1 Å². The standard InChI is InChI=1S/C12H25N3O/c1-3-7-15-8-4-5-12(14-2,6-9-15)10-11(13)16/h14H,3-10H2,1-2H3,(H2,13,16). The van der Waals surface area contributed by atoms with Crippen molar-refractivity contribution in [2.24, 2.45) is 5.73 Å². The monoisotopic (exact) mass is 227 g/mol. The summed E-state index contributed by atoms with van der Waals surface area (Å²) in [5.41, 5.74) is 5.27. The van der Waals surface area contributed by atoms with Gasteiger partial charge in [-0.2, -0.15) is 0 Å². The third-order valence-electron chi connectivity index (χ3n) is 3.62. The van der Waals surface area contributed by atoms with Crippen LogP contribution in [0.2, 0.25) is 0 Å². The van der Waals surface area contributed by atoms with Crippen LogP contribution in [0, 0.1) is 0 Å². The number of primary amides is 1. The molecule has 0 aromatic carbocycles. The molecule has 0 aliphatic carbocycles. The van der Waals surface area contributed by atoms with Gasteiger partial charge in [0.15, 0.2) is 0 Å². The SMILES string of the molecule is CCCN1CCCC(CC(N)=O)(NC)CC1. The van der Waals surface area contributed by atoms with Crippen molar-refractivity contribution in [1.29, 1.82) is 0 Å². The second-order valence-electron chi connectivity index (χ2n) is 4.87. The first kappa shape index (κ1) is 13.5. The molecule has 1 amide bonds. The molecule has 1 heterocycles. The zero-order chi connectivity index (χ0) is 12.0. The summed E-state index contributed by atoms with van der Waals surface area (Å²) in [6.45, 7) is 5.59. The van der Waals surface area contributed by atoms with Gasteiger partial charge in [-0.1, -0.05) is 6.92 Å². The van der Waals surface area contributed by atoms with E-state index in [1.54, 1.807) is 0 Å². The molecule has 0 aromatic rings. The average Bonchev–Trinajstić information content (AvgIpc) is 2.42. The lowest BCUT2D eigenvalue weighted by Crippen LogP contribution is -2.46. The van der Waals surface area contributed by atoms with Crippen molar-refractivity contribution in [2.75, 3.05) is 26.7 Å². The van der Waals surface area contributed by atoms with Crippen LogP contribution in [0.3, 0.4) is 0 Å². The maximum Gasteiger partial charge on any atom is 0.219 e. The van der Waals surface area contributed by atoms with E-state index in [9.17, 15) is 4.79 Å². The van der Waals surface area contributed by atoms with E-state index in [-0.39, 0.29) is 11.4 Å². The summed E-state index contributed by atoms with van der Waals surface area (Å²) in [6.07, 6.45) is 4.87. The number of carbonyl (C=O) groups is 1. The summed E-state index contributed by atoms with van der Waals surface area (Å²) < 4.78 is 0. The fourth-order valence-electron chi connectivity index (χ4n) is 2.64. The number of nitrogens with zero attached hydrogens (tertiary/aromatic N) is 1. The Bertz CT molecular complexity index is 232. The predicted molar refractivity (Wildman–Crippen MR) is 66.2 cm³/mol. The predicted octanol–water partition coefficient (Wildman–Crippen LogP) is 0.716. The lowest BCUT2D eigenvalue weighted by atomic mass is 9.87. The highest BCUT2D eigenvalue weighted by atomic mass is 16.1. The Labute approximate surface area is 98.6 Å². The van der Waals surface area contributed by atoms with Gasteiger partial charge in [0.1, 0.15) is 0 Å². The smallest absolute Gasteiger partial charge is 0.219 e. The minimum Gasteiger partial charge on any atom is -0.370 e. The Morgan fingerprint density at radius 3 is 2.75 bits per heavy atom. The number of carbonyl (C=O) groups excluding carboxylic acids is 1. The third-order valence-corrected chi connectivity index (χ3v) is 3.62. The van der Waals surface area contributed by atoms with Gasteiger partial charge in [-0.15, -0.1) is 0 Å². The molecule has 1 unspecified atom stereocenters. The summed E-state index contributed by atoms with van der Waals surface area (Å²) in [5, 5.41) is 3.32. The van der Waals surface area contributed by atoms with Crippen molar-refractivity contribution in [3.05, 3.63) is 0 Å². The molecule has 1 rings (SSSR count). The highest BCUT2D eigenvalue weighted by molar-refractivity contribution is 5.75. The molecule has 3 N–H and O–H groups in total. The van der Waals surface area contributed by atoms with Crippen LogP contribution >= 0.6 is 0 Å². The zero-order valence-corrected chi connectivity index (χ0v) is 10.6. The molecule has 1 aliphatic rings. The average molecular weight is 227 g/mol. The van der Waals surface area contributed by atoms with Crippen molar-refractivity contribution in [3.63, 3.8) is 0 Å². The quantitative estimate of drug-likeness (QED) is 0.727.